The fourth-order valence-corrected chi connectivity index (χ4v) is 3.86. The molecule has 0 atom stereocenters. The van der Waals surface area contributed by atoms with Crippen molar-refractivity contribution >= 4 is 21.8 Å². The molecule has 0 bridgehead atoms. The van der Waals surface area contributed by atoms with Gasteiger partial charge in [0.1, 0.15) is 5.75 Å². The Balaban J connectivity index is 2.45. The molecule has 0 aromatic carbocycles. The van der Waals surface area contributed by atoms with Gasteiger partial charge in [-0.05, 0) is 24.7 Å². The Labute approximate surface area is 119 Å². The maximum absolute atomic E-state index is 11.9. The van der Waals surface area contributed by atoms with E-state index in [4.69, 9.17) is 4.74 Å². The minimum absolute atomic E-state index is 0.0909. The Morgan fingerprint density at radius 2 is 1.85 bits per heavy atom. The van der Waals surface area contributed by atoms with Gasteiger partial charge in [0.15, 0.2) is 9.84 Å². The number of rotatable bonds is 9. The van der Waals surface area contributed by atoms with Gasteiger partial charge in [0.25, 0.3) is 0 Å². The molecule has 0 aromatic rings. The van der Waals surface area contributed by atoms with Crippen molar-refractivity contribution in [1.29, 1.82) is 0 Å². The molecule has 0 aromatic heterocycles. The molecule has 1 aliphatic rings. The molecule has 116 valence electrons. The third kappa shape index (κ3) is 5.90. The minimum Gasteiger partial charge on any atom is -0.469 e. The molecule has 1 aliphatic carbocycles. The van der Waals surface area contributed by atoms with Crippen LogP contribution in [0.4, 0.5) is 0 Å². The summed E-state index contributed by atoms with van der Waals surface area (Å²) in [5, 5.41) is 0. The average Bonchev–Trinajstić information content (AvgIpc) is 3.06. The number of unbranched alkanes of at least 4 members (excludes halogenated alkanes) is 1. The molecule has 0 saturated heterocycles. The van der Waals surface area contributed by atoms with Crippen LogP contribution in [0, 0.1) is 5.41 Å². The summed E-state index contributed by atoms with van der Waals surface area (Å²) < 4.78 is 33.3. The van der Waals surface area contributed by atoms with Crippen molar-refractivity contribution in [3.8, 4) is 0 Å². The molecule has 1 saturated carbocycles. The van der Waals surface area contributed by atoms with E-state index in [-0.39, 0.29) is 18.8 Å². The predicted molar refractivity (Wildman–Crippen MR) is 72.8 cm³/mol. The van der Waals surface area contributed by atoms with Crippen LogP contribution in [0.5, 0.6) is 0 Å². The second-order valence-corrected chi connectivity index (χ2v) is 7.42. The van der Waals surface area contributed by atoms with Gasteiger partial charge in [0.05, 0.1) is 25.9 Å². The summed E-state index contributed by atoms with van der Waals surface area (Å²) in [5.74, 6) is -1.90. The maximum Gasteiger partial charge on any atom is 0.321 e. The molecule has 0 unspecified atom stereocenters. The first-order chi connectivity index (χ1) is 9.32. The zero-order chi connectivity index (χ0) is 15.2. The van der Waals surface area contributed by atoms with Crippen LogP contribution < -0.4 is 0 Å². The number of sulfone groups is 1. The molecule has 7 heteroatoms. The Bertz CT molecular complexity index is 449. The second kappa shape index (κ2) is 7.06. The monoisotopic (exact) mass is 306 g/mol. The molecule has 0 amide bonds. The van der Waals surface area contributed by atoms with E-state index in [1.165, 1.54) is 7.11 Å². The van der Waals surface area contributed by atoms with Gasteiger partial charge in [0.2, 0.25) is 0 Å². The summed E-state index contributed by atoms with van der Waals surface area (Å²) in [7, 11) is -2.27. The van der Waals surface area contributed by atoms with E-state index in [0.717, 1.165) is 12.8 Å². The lowest BCUT2D eigenvalue weighted by Gasteiger charge is -2.13. The summed E-state index contributed by atoms with van der Waals surface area (Å²) in [6.45, 7) is 2.20. The van der Waals surface area contributed by atoms with Crippen LogP contribution in [0.25, 0.3) is 0 Å². The quantitative estimate of drug-likeness (QED) is 0.468. The zero-order valence-electron chi connectivity index (χ0n) is 12.0. The number of hydrogen-bond donors (Lipinski definition) is 0. The molecule has 1 fully saturated rings. The Morgan fingerprint density at radius 1 is 1.20 bits per heavy atom. The molecule has 0 radical (unpaired) electrons. The molecule has 0 spiro atoms. The molecule has 20 heavy (non-hydrogen) atoms. The molecule has 1 rings (SSSR count). The first-order valence-corrected chi connectivity index (χ1v) is 8.57. The minimum atomic E-state index is -3.55. The van der Waals surface area contributed by atoms with Crippen LogP contribution in [0.2, 0.25) is 0 Å². The number of esters is 2. The Kier molecular flexibility index (Phi) is 5.98. The number of carbonyl (C=O) groups is 2. The van der Waals surface area contributed by atoms with E-state index in [2.05, 4.69) is 4.74 Å². The predicted octanol–water partition coefficient (Wildman–Crippen LogP) is 1.09. The van der Waals surface area contributed by atoms with Crippen molar-refractivity contribution in [2.75, 3.05) is 25.2 Å². The SMILES string of the molecule is CCCCOC(=O)CS(=O)(=O)CC1(CC(=O)OC)CC1. The highest BCUT2D eigenvalue weighted by Gasteiger charge is 2.48. The van der Waals surface area contributed by atoms with Crippen LogP contribution in [0.3, 0.4) is 0 Å². The van der Waals surface area contributed by atoms with Gasteiger partial charge in [-0.3, -0.25) is 9.59 Å². The van der Waals surface area contributed by atoms with E-state index in [1.54, 1.807) is 0 Å². The highest BCUT2D eigenvalue weighted by Crippen LogP contribution is 2.50. The Morgan fingerprint density at radius 3 is 2.35 bits per heavy atom. The van der Waals surface area contributed by atoms with E-state index < -0.39 is 32.9 Å². The fraction of sp³-hybridized carbons (Fsp3) is 0.846. The molecular formula is C13H22O6S. The van der Waals surface area contributed by atoms with Gasteiger partial charge in [0, 0.05) is 0 Å². The summed E-state index contributed by atoms with van der Waals surface area (Å²) >= 11 is 0. The van der Waals surface area contributed by atoms with Crippen molar-refractivity contribution in [2.45, 2.75) is 39.0 Å². The van der Waals surface area contributed by atoms with E-state index in [1.807, 2.05) is 6.92 Å². The smallest absolute Gasteiger partial charge is 0.321 e. The largest absolute Gasteiger partial charge is 0.469 e. The maximum atomic E-state index is 11.9. The van der Waals surface area contributed by atoms with Crippen molar-refractivity contribution < 1.29 is 27.5 Å². The van der Waals surface area contributed by atoms with Crippen LogP contribution >= 0.6 is 0 Å². The molecular weight excluding hydrogens is 284 g/mol. The molecule has 0 aliphatic heterocycles. The number of carbonyl (C=O) groups excluding carboxylic acids is 2. The summed E-state index contributed by atoms with van der Waals surface area (Å²) in [5.41, 5.74) is -0.532. The molecule has 0 heterocycles. The highest BCUT2D eigenvalue weighted by atomic mass is 32.2. The van der Waals surface area contributed by atoms with Crippen molar-refractivity contribution in [3.05, 3.63) is 0 Å². The fourth-order valence-electron chi connectivity index (χ4n) is 2.00. The lowest BCUT2D eigenvalue weighted by Crippen LogP contribution is -2.27. The van der Waals surface area contributed by atoms with Gasteiger partial charge < -0.3 is 9.47 Å². The van der Waals surface area contributed by atoms with Crippen LogP contribution in [-0.4, -0.2) is 45.6 Å². The first-order valence-electron chi connectivity index (χ1n) is 6.75. The van der Waals surface area contributed by atoms with Gasteiger partial charge >= 0.3 is 11.9 Å². The molecule has 6 nitrogen and oxygen atoms in total. The van der Waals surface area contributed by atoms with Crippen LogP contribution in [0.15, 0.2) is 0 Å². The lowest BCUT2D eigenvalue weighted by atomic mass is 10.1. The van der Waals surface area contributed by atoms with E-state index in [9.17, 15) is 18.0 Å². The highest BCUT2D eigenvalue weighted by molar-refractivity contribution is 7.92. The lowest BCUT2D eigenvalue weighted by molar-refractivity contribution is -0.142. The van der Waals surface area contributed by atoms with Gasteiger partial charge in [-0.25, -0.2) is 8.42 Å². The summed E-state index contributed by atoms with van der Waals surface area (Å²) in [6.07, 6.45) is 3.03. The van der Waals surface area contributed by atoms with Gasteiger partial charge in [-0.15, -0.1) is 0 Å². The van der Waals surface area contributed by atoms with Crippen LogP contribution in [-0.2, 0) is 28.9 Å². The van der Waals surface area contributed by atoms with Crippen molar-refractivity contribution in [2.24, 2.45) is 5.41 Å². The topological polar surface area (TPSA) is 86.7 Å². The van der Waals surface area contributed by atoms with E-state index >= 15 is 0 Å². The normalized spacial score (nSPS) is 16.5. The second-order valence-electron chi connectivity index (χ2n) is 5.36. The third-order valence-corrected chi connectivity index (χ3v) is 5.06. The van der Waals surface area contributed by atoms with Crippen LogP contribution in [0.1, 0.15) is 39.0 Å². The number of methoxy groups -OCH3 is 1. The summed E-state index contributed by atoms with van der Waals surface area (Å²) in [6, 6.07) is 0. The Hall–Kier alpha value is -1.11. The van der Waals surface area contributed by atoms with Crippen molar-refractivity contribution in [3.63, 3.8) is 0 Å². The van der Waals surface area contributed by atoms with Gasteiger partial charge in [-0.2, -0.15) is 0 Å². The first kappa shape index (κ1) is 16.9. The zero-order valence-corrected chi connectivity index (χ0v) is 12.8. The number of hydrogen-bond acceptors (Lipinski definition) is 6. The average molecular weight is 306 g/mol. The van der Waals surface area contributed by atoms with Gasteiger partial charge in [-0.1, -0.05) is 13.3 Å². The van der Waals surface area contributed by atoms with Crippen molar-refractivity contribution in [1.82, 2.24) is 0 Å². The van der Waals surface area contributed by atoms with E-state index in [0.29, 0.717) is 12.8 Å². The molecule has 0 N–H and O–H groups in total. The third-order valence-electron chi connectivity index (χ3n) is 3.33. The summed E-state index contributed by atoms with van der Waals surface area (Å²) in [4.78, 5) is 22.7. The number of ether oxygens (including phenoxy) is 2. The standard InChI is InChI=1S/C13H22O6S/c1-3-4-7-19-12(15)9-20(16,17)10-13(5-6-13)8-11(14)18-2/h3-10H2,1-2H3.